The molecule has 1 aromatic carbocycles. The van der Waals surface area contributed by atoms with Crippen molar-refractivity contribution in [2.45, 2.75) is 125 Å². The number of hydrogen-bond acceptors (Lipinski definition) is 3. The highest BCUT2D eigenvalue weighted by atomic mass is 16.5. The minimum absolute atomic E-state index is 0.0309. The molecule has 0 heterocycles. The number of allylic oxidation sites excluding steroid dienone is 1. The van der Waals surface area contributed by atoms with Crippen molar-refractivity contribution < 1.29 is 9.53 Å². The smallest absolute Gasteiger partial charge is 0.338 e. The first-order valence-electron chi connectivity index (χ1n) is 17.0. The number of fused-ring (bicyclic) bond motifs is 2. The SMILES string of the molecule is C=C(CC[C@@H](C)[C@H]1CC[C@@]2(C)[C@@H]3CC[C@H]4C(C)(C)CCC(OC(=O)c5cccc(N)c5)[C@@]45C[C@@]35CC[C@]12C)C(C)C. The Morgan fingerprint density at radius 2 is 1.71 bits per heavy atom. The van der Waals surface area contributed by atoms with E-state index in [9.17, 15) is 4.79 Å². The molecule has 5 saturated carbocycles. The molecule has 9 atom stereocenters. The third kappa shape index (κ3) is 4.06. The normalized spacial score (nSPS) is 42.8. The summed E-state index contributed by atoms with van der Waals surface area (Å²) in [7, 11) is 0. The maximum Gasteiger partial charge on any atom is 0.338 e. The van der Waals surface area contributed by atoms with Gasteiger partial charge in [0.15, 0.2) is 0 Å². The molecule has 41 heavy (non-hydrogen) atoms. The molecule has 6 rings (SSSR count). The van der Waals surface area contributed by atoms with Crippen LogP contribution in [-0.4, -0.2) is 12.1 Å². The predicted octanol–water partition coefficient (Wildman–Crippen LogP) is 9.86. The minimum atomic E-state index is -0.177. The zero-order valence-electron chi connectivity index (χ0n) is 27.2. The van der Waals surface area contributed by atoms with Crippen molar-refractivity contribution in [1.29, 1.82) is 0 Å². The van der Waals surface area contributed by atoms with Gasteiger partial charge in [-0.2, -0.15) is 0 Å². The lowest BCUT2D eigenvalue weighted by atomic mass is 9.41. The van der Waals surface area contributed by atoms with Crippen LogP contribution in [0.3, 0.4) is 0 Å². The van der Waals surface area contributed by atoms with E-state index >= 15 is 0 Å². The van der Waals surface area contributed by atoms with Gasteiger partial charge in [0, 0.05) is 11.1 Å². The van der Waals surface area contributed by atoms with Crippen molar-refractivity contribution in [3.05, 3.63) is 42.0 Å². The third-order valence-electron chi connectivity index (χ3n) is 14.8. The van der Waals surface area contributed by atoms with E-state index in [0.29, 0.717) is 44.7 Å². The first-order chi connectivity index (χ1) is 19.2. The van der Waals surface area contributed by atoms with E-state index in [1.807, 2.05) is 18.2 Å². The lowest BCUT2D eigenvalue weighted by Gasteiger charge is -2.63. The van der Waals surface area contributed by atoms with Crippen LogP contribution in [0.4, 0.5) is 5.69 Å². The van der Waals surface area contributed by atoms with Gasteiger partial charge in [0.25, 0.3) is 0 Å². The molecule has 0 amide bonds. The first kappa shape index (κ1) is 29.3. The van der Waals surface area contributed by atoms with E-state index in [-0.39, 0.29) is 17.5 Å². The van der Waals surface area contributed by atoms with Crippen LogP contribution >= 0.6 is 0 Å². The highest BCUT2D eigenvalue weighted by molar-refractivity contribution is 5.90. The average Bonchev–Trinajstić information content (AvgIpc) is 3.52. The molecular formula is C38H57NO2. The second kappa shape index (κ2) is 9.62. The van der Waals surface area contributed by atoms with E-state index in [1.165, 1.54) is 63.4 Å². The Morgan fingerprint density at radius 1 is 0.976 bits per heavy atom. The van der Waals surface area contributed by atoms with Gasteiger partial charge in [-0.25, -0.2) is 4.79 Å². The number of anilines is 1. The van der Waals surface area contributed by atoms with Crippen LogP contribution in [0.25, 0.3) is 0 Å². The van der Waals surface area contributed by atoms with Crippen molar-refractivity contribution in [2.75, 3.05) is 5.73 Å². The van der Waals surface area contributed by atoms with Gasteiger partial charge < -0.3 is 10.5 Å². The maximum absolute atomic E-state index is 13.5. The second-order valence-electron chi connectivity index (χ2n) is 16.9. The molecule has 3 nitrogen and oxygen atoms in total. The van der Waals surface area contributed by atoms with Crippen LogP contribution in [0.5, 0.6) is 0 Å². The van der Waals surface area contributed by atoms with Crippen LogP contribution in [0.15, 0.2) is 36.4 Å². The number of ether oxygens (including phenoxy) is 1. The van der Waals surface area contributed by atoms with Gasteiger partial charge in [0.2, 0.25) is 0 Å². The summed E-state index contributed by atoms with van der Waals surface area (Å²) in [6.07, 6.45) is 14.0. The van der Waals surface area contributed by atoms with Gasteiger partial charge in [0.1, 0.15) is 6.10 Å². The van der Waals surface area contributed by atoms with Crippen molar-refractivity contribution in [3.63, 3.8) is 0 Å². The molecule has 0 aliphatic heterocycles. The monoisotopic (exact) mass is 559 g/mol. The third-order valence-corrected chi connectivity index (χ3v) is 14.8. The van der Waals surface area contributed by atoms with Gasteiger partial charge >= 0.3 is 5.97 Å². The van der Waals surface area contributed by atoms with Gasteiger partial charge in [-0.3, -0.25) is 0 Å². The number of hydrogen-bond donors (Lipinski definition) is 1. The molecule has 1 unspecified atom stereocenters. The Bertz CT molecular complexity index is 1220. The largest absolute Gasteiger partial charge is 0.458 e. The fourth-order valence-corrected chi connectivity index (χ4v) is 12.2. The van der Waals surface area contributed by atoms with Crippen LogP contribution in [0.1, 0.15) is 129 Å². The molecule has 5 fully saturated rings. The summed E-state index contributed by atoms with van der Waals surface area (Å²) in [6, 6.07) is 7.34. The maximum atomic E-state index is 13.5. The van der Waals surface area contributed by atoms with Crippen molar-refractivity contribution in [3.8, 4) is 0 Å². The summed E-state index contributed by atoms with van der Waals surface area (Å²) in [6.45, 7) is 21.9. The molecule has 2 spiro atoms. The first-order valence-corrected chi connectivity index (χ1v) is 17.0. The van der Waals surface area contributed by atoms with Crippen LogP contribution in [0.2, 0.25) is 0 Å². The molecule has 0 bridgehead atoms. The number of benzene rings is 1. The molecule has 226 valence electrons. The summed E-state index contributed by atoms with van der Waals surface area (Å²) >= 11 is 0. The fourth-order valence-electron chi connectivity index (χ4n) is 12.2. The molecule has 0 radical (unpaired) electrons. The van der Waals surface area contributed by atoms with Crippen molar-refractivity contribution in [1.82, 2.24) is 0 Å². The van der Waals surface area contributed by atoms with Crippen LogP contribution in [-0.2, 0) is 4.74 Å². The number of carbonyl (C=O) groups is 1. The zero-order valence-corrected chi connectivity index (χ0v) is 27.2. The van der Waals surface area contributed by atoms with Gasteiger partial charge in [-0.1, -0.05) is 66.7 Å². The second-order valence-corrected chi connectivity index (χ2v) is 16.9. The van der Waals surface area contributed by atoms with Crippen LogP contribution in [0, 0.1) is 56.7 Å². The van der Waals surface area contributed by atoms with E-state index in [1.54, 1.807) is 6.07 Å². The zero-order chi connectivity index (χ0) is 29.6. The molecule has 0 aromatic heterocycles. The Hall–Kier alpha value is -1.77. The number of rotatable bonds is 7. The van der Waals surface area contributed by atoms with Crippen LogP contribution < -0.4 is 5.73 Å². The average molecular weight is 560 g/mol. The van der Waals surface area contributed by atoms with E-state index in [2.05, 4.69) is 55.0 Å². The lowest BCUT2D eigenvalue weighted by molar-refractivity contribution is -0.170. The van der Waals surface area contributed by atoms with Gasteiger partial charge in [-0.15, -0.1) is 0 Å². The highest BCUT2D eigenvalue weighted by Crippen LogP contribution is 2.89. The Morgan fingerprint density at radius 3 is 2.41 bits per heavy atom. The summed E-state index contributed by atoms with van der Waals surface area (Å²) in [5.74, 6) is 3.35. The molecule has 2 N–H and O–H groups in total. The Balaban J connectivity index is 1.28. The van der Waals surface area contributed by atoms with Gasteiger partial charge in [0.05, 0.1) is 5.56 Å². The van der Waals surface area contributed by atoms with Crippen molar-refractivity contribution >= 4 is 11.7 Å². The molecule has 0 saturated heterocycles. The number of nitrogen functional groups attached to an aromatic ring is 1. The Labute approximate surface area is 250 Å². The van der Waals surface area contributed by atoms with E-state index in [4.69, 9.17) is 10.5 Å². The van der Waals surface area contributed by atoms with E-state index in [0.717, 1.165) is 30.6 Å². The number of nitrogens with two attached hydrogens (primary N) is 1. The number of esters is 1. The molecule has 3 heteroatoms. The summed E-state index contributed by atoms with van der Waals surface area (Å²) in [5.41, 5.74) is 10.2. The lowest BCUT2D eigenvalue weighted by Crippen LogP contribution is -2.59. The molecule has 1 aromatic rings. The standard InChI is InChI=1S/C38H57NO2/c1-24(2)25(3)12-13-26(4)29-16-19-36(8)31-15-14-30-34(5,6)18-17-32(41-33(40)27-10-9-11-28(39)22-27)38(30)23-37(31,38)21-20-35(29,36)7/h9-11,22,24,26,29-32H,3,12-21,23,39H2,1-2,4-8H3/t26-,29-,30+,31+,32?,35-,36+,37+,38-/m1/s1. The summed E-state index contributed by atoms with van der Waals surface area (Å²) in [5, 5.41) is 0. The Kier molecular flexibility index (Phi) is 6.87. The van der Waals surface area contributed by atoms with Gasteiger partial charge in [-0.05, 0) is 140 Å². The molecule has 5 aliphatic carbocycles. The molecular weight excluding hydrogens is 502 g/mol. The van der Waals surface area contributed by atoms with Crippen molar-refractivity contribution in [2.24, 2.45) is 56.7 Å². The number of carbonyl (C=O) groups excluding carboxylic acids is 1. The fraction of sp³-hybridized carbons (Fsp3) is 0.763. The summed E-state index contributed by atoms with van der Waals surface area (Å²) < 4.78 is 6.58. The van der Waals surface area contributed by atoms with E-state index < -0.39 is 0 Å². The molecule has 5 aliphatic rings. The minimum Gasteiger partial charge on any atom is -0.458 e. The summed E-state index contributed by atoms with van der Waals surface area (Å²) in [4.78, 5) is 13.5. The highest BCUT2D eigenvalue weighted by Gasteiger charge is 2.84. The predicted molar refractivity (Wildman–Crippen MR) is 169 cm³/mol. The quantitative estimate of drug-likeness (QED) is 0.205. The topological polar surface area (TPSA) is 52.3 Å².